The van der Waals surface area contributed by atoms with Crippen LogP contribution in [0.3, 0.4) is 0 Å². The van der Waals surface area contributed by atoms with Gasteiger partial charge in [0.05, 0.1) is 11.4 Å². The van der Waals surface area contributed by atoms with Crippen molar-refractivity contribution in [3.8, 4) is 28.4 Å². The molecule has 0 saturated carbocycles. The van der Waals surface area contributed by atoms with Crippen LogP contribution in [0.1, 0.15) is 0 Å². The number of halogens is 1. The van der Waals surface area contributed by atoms with E-state index in [1.54, 1.807) is 35.8 Å². The van der Waals surface area contributed by atoms with Crippen molar-refractivity contribution < 1.29 is 13.9 Å². The number of nitrogens with zero attached hydrogens (tertiary/aromatic N) is 5. The molecule has 0 aliphatic carbocycles. The molecule has 0 N–H and O–H groups in total. The van der Waals surface area contributed by atoms with Gasteiger partial charge in [-0.25, -0.2) is 9.18 Å². The van der Waals surface area contributed by atoms with Crippen LogP contribution in [-0.2, 0) is 14.1 Å². The number of rotatable bonds is 2. The Kier molecular flexibility index (Phi) is 3.65. The van der Waals surface area contributed by atoms with Crippen molar-refractivity contribution >= 4 is 16.9 Å². The van der Waals surface area contributed by atoms with Crippen molar-refractivity contribution in [2.45, 2.75) is 0 Å². The molecule has 0 bridgehead atoms. The van der Waals surface area contributed by atoms with Gasteiger partial charge in [0, 0.05) is 31.9 Å². The quantitative estimate of drug-likeness (QED) is 0.426. The number of imidazole rings is 2. The minimum Gasteiger partial charge on any atom is -0.454 e. The second kappa shape index (κ2) is 6.33. The van der Waals surface area contributed by atoms with E-state index >= 15 is 0 Å². The molecule has 9 nitrogen and oxygen atoms in total. The third kappa shape index (κ3) is 2.40. The molecule has 0 amide bonds. The van der Waals surface area contributed by atoms with E-state index in [9.17, 15) is 14.0 Å². The van der Waals surface area contributed by atoms with E-state index in [4.69, 9.17) is 9.47 Å². The predicted octanol–water partition coefficient (Wildman–Crippen LogP) is 2.21. The van der Waals surface area contributed by atoms with Crippen LogP contribution in [0.4, 0.5) is 4.39 Å². The number of aryl methyl sites for hydroxylation is 1. The zero-order chi connectivity index (χ0) is 22.1. The molecule has 0 spiro atoms. The van der Waals surface area contributed by atoms with Crippen LogP contribution in [0, 0.1) is 5.82 Å². The Balaban J connectivity index is 1.75. The molecule has 160 valence electrons. The third-order valence-corrected chi connectivity index (χ3v) is 5.72. The maximum absolute atomic E-state index is 13.6. The standard InChI is InChI=1S/C22H16FN5O4/c1-25-19-18(20(29)26(2)22(25)30)27-10-15(12-3-5-13(23)6-4-12)28(21(27)24-19)14-7-8-16-17(9-14)32-11-31-16/h3-10H,11H2,1-2H3. The Morgan fingerprint density at radius 2 is 1.72 bits per heavy atom. The first-order valence-corrected chi connectivity index (χ1v) is 9.79. The zero-order valence-corrected chi connectivity index (χ0v) is 17.1. The lowest BCUT2D eigenvalue weighted by molar-refractivity contribution is 0.174. The van der Waals surface area contributed by atoms with Crippen LogP contribution in [0.25, 0.3) is 33.9 Å². The fourth-order valence-corrected chi connectivity index (χ4v) is 4.07. The van der Waals surface area contributed by atoms with Crippen LogP contribution in [0.15, 0.2) is 58.3 Å². The number of hydrogen-bond acceptors (Lipinski definition) is 5. The minimum absolute atomic E-state index is 0.135. The molecule has 10 heteroatoms. The summed E-state index contributed by atoms with van der Waals surface area (Å²) < 4.78 is 30.4. The molecule has 3 aromatic heterocycles. The van der Waals surface area contributed by atoms with E-state index in [2.05, 4.69) is 4.98 Å². The summed E-state index contributed by atoms with van der Waals surface area (Å²) in [6.45, 7) is 0.135. The summed E-state index contributed by atoms with van der Waals surface area (Å²) in [5.74, 6) is 1.29. The fourth-order valence-electron chi connectivity index (χ4n) is 4.07. The highest BCUT2D eigenvalue weighted by Crippen LogP contribution is 2.36. The largest absolute Gasteiger partial charge is 0.454 e. The Bertz CT molecular complexity index is 1670. The van der Waals surface area contributed by atoms with Gasteiger partial charge in [-0.05, 0) is 36.4 Å². The highest BCUT2D eigenvalue weighted by Gasteiger charge is 2.23. The van der Waals surface area contributed by atoms with Gasteiger partial charge in [-0.3, -0.25) is 22.9 Å². The Morgan fingerprint density at radius 1 is 0.969 bits per heavy atom. The molecular formula is C22H16FN5O4. The Labute approximate surface area is 179 Å². The molecule has 0 unspecified atom stereocenters. The van der Waals surface area contributed by atoms with Crippen molar-refractivity contribution in [3.63, 3.8) is 0 Å². The third-order valence-electron chi connectivity index (χ3n) is 5.72. The van der Waals surface area contributed by atoms with Gasteiger partial charge < -0.3 is 9.47 Å². The topological polar surface area (TPSA) is 84.7 Å². The SMILES string of the molecule is Cn1c(=O)c2c(nc3n(-c4ccc5c(c4)OCO5)c(-c4ccc(F)cc4)cn23)n(C)c1=O. The molecule has 4 heterocycles. The molecule has 0 saturated heterocycles. The smallest absolute Gasteiger partial charge is 0.332 e. The van der Waals surface area contributed by atoms with E-state index in [-0.39, 0.29) is 23.8 Å². The van der Waals surface area contributed by atoms with E-state index in [0.717, 1.165) is 10.1 Å². The first-order valence-electron chi connectivity index (χ1n) is 9.79. The van der Waals surface area contributed by atoms with E-state index in [0.29, 0.717) is 28.7 Å². The van der Waals surface area contributed by atoms with Crippen LogP contribution in [0.5, 0.6) is 11.5 Å². The van der Waals surface area contributed by atoms with Crippen molar-refractivity contribution in [3.05, 3.63) is 75.3 Å². The maximum Gasteiger partial charge on any atom is 0.332 e. The van der Waals surface area contributed by atoms with Gasteiger partial charge in [0.15, 0.2) is 22.7 Å². The maximum atomic E-state index is 13.6. The normalized spacial score (nSPS) is 12.8. The highest BCUT2D eigenvalue weighted by molar-refractivity contribution is 5.79. The average molecular weight is 433 g/mol. The monoisotopic (exact) mass is 433 g/mol. The summed E-state index contributed by atoms with van der Waals surface area (Å²) in [5, 5.41) is 0. The number of hydrogen-bond donors (Lipinski definition) is 0. The molecule has 6 rings (SSSR count). The molecule has 32 heavy (non-hydrogen) atoms. The van der Waals surface area contributed by atoms with Crippen LogP contribution >= 0.6 is 0 Å². The molecular weight excluding hydrogens is 417 g/mol. The second-order valence-electron chi connectivity index (χ2n) is 7.55. The zero-order valence-electron chi connectivity index (χ0n) is 17.1. The van der Waals surface area contributed by atoms with Crippen LogP contribution in [0.2, 0.25) is 0 Å². The summed E-state index contributed by atoms with van der Waals surface area (Å²) in [4.78, 5) is 30.0. The summed E-state index contributed by atoms with van der Waals surface area (Å²) >= 11 is 0. The van der Waals surface area contributed by atoms with Gasteiger partial charge in [0.2, 0.25) is 12.6 Å². The van der Waals surface area contributed by atoms with E-state index < -0.39 is 11.2 Å². The average Bonchev–Trinajstić information content (AvgIpc) is 3.49. The van der Waals surface area contributed by atoms with Crippen LogP contribution in [-0.4, -0.2) is 29.9 Å². The van der Waals surface area contributed by atoms with E-state index in [1.165, 1.54) is 23.7 Å². The lowest BCUT2D eigenvalue weighted by Crippen LogP contribution is -2.37. The second-order valence-corrected chi connectivity index (χ2v) is 7.55. The first-order chi connectivity index (χ1) is 15.4. The first kappa shape index (κ1) is 18.4. The molecule has 5 aromatic rings. The number of fused-ring (bicyclic) bond motifs is 4. The molecule has 0 fully saturated rings. The summed E-state index contributed by atoms with van der Waals surface area (Å²) in [5.41, 5.74) is 1.75. The number of ether oxygens (including phenoxy) is 2. The summed E-state index contributed by atoms with van der Waals surface area (Å²) in [7, 11) is 3.00. The molecule has 1 aliphatic heterocycles. The van der Waals surface area contributed by atoms with Crippen molar-refractivity contribution in [1.82, 2.24) is 23.1 Å². The summed E-state index contributed by atoms with van der Waals surface area (Å²) in [6.07, 6.45) is 1.76. The van der Waals surface area contributed by atoms with Gasteiger partial charge >= 0.3 is 5.69 Å². The Hall–Kier alpha value is -4.34. The minimum atomic E-state index is -0.461. The van der Waals surface area contributed by atoms with Gasteiger partial charge in [-0.1, -0.05) is 0 Å². The van der Waals surface area contributed by atoms with Crippen molar-refractivity contribution in [1.29, 1.82) is 0 Å². The predicted molar refractivity (Wildman–Crippen MR) is 114 cm³/mol. The van der Waals surface area contributed by atoms with Gasteiger partial charge in [-0.15, -0.1) is 0 Å². The number of benzene rings is 2. The highest BCUT2D eigenvalue weighted by atomic mass is 19.1. The molecule has 0 atom stereocenters. The van der Waals surface area contributed by atoms with Crippen molar-refractivity contribution in [2.75, 3.05) is 6.79 Å². The Morgan fingerprint density at radius 3 is 2.50 bits per heavy atom. The van der Waals surface area contributed by atoms with Crippen LogP contribution < -0.4 is 20.7 Å². The fraction of sp³-hybridized carbons (Fsp3) is 0.136. The van der Waals surface area contributed by atoms with Crippen molar-refractivity contribution in [2.24, 2.45) is 14.1 Å². The van der Waals surface area contributed by atoms with Gasteiger partial charge in [-0.2, -0.15) is 4.98 Å². The lowest BCUT2D eigenvalue weighted by atomic mass is 10.1. The lowest BCUT2D eigenvalue weighted by Gasteiger charge is -2.10. The van der Waals surface area contributed by atoms with Gasteiger partial charge in [0.1, 0.15) is 5.82 Å². The molecule has 2 aromatic carbocycles. The molecule has 0 radical (unpaired) electrons. The van der Waals surface area contributed by atoms with Gasteiger partial charge in [0.25, 0.3) is 5.56 Å². The molecule has 1 aliphatic rings. The summed E-state index contributed by atoms with van der Waals surface area (Å²) in [6, 6.07) is 11.5. The number of aromatic nitrogens is 5. The van der Waals surface area contributed by atoms with E-state index in [1.807, 2.05) is 16.7 Å².